The monoisotopic (exact) mass is 1040 g/mol. The predicted octanol–water partition coefficient (Wildman–Crippen LogP) is 7.67. The predicted molar refractivity (Wildman–Crippen MR) is 271 cm³/mol. The van der Waals surface area contributed by atoms with Crippen molar-refractivity contribution in [1.82, 2.24) is 0 Å². The largest absolute Gasteiger partial charge is 0.472 e. The summed E-state index contributed by atoms with van der Waals surface area (Å²) in [5.41, 5.74) is 0. The molecule has 1 saturated carbocycles. The number of aliphatic hydroxyl groups is 6. The maximum absolute atomic E-state index is 13.0. The fourth-order valence-electron chi connectivity index (χ4n) is 6.68. The molecule has 404 valence electrons. The highest BCUT2D eigenvalue weighted by molar-refractivity contribution is 7.47. The zero-order valence-corrected chi connectivity index (χ0v) is 43.1. The molecular formula is C51H82O18P2. The average molecular weight is 1050 g/mol. The molecule has 20 heteroatoms. The van der Waals surface area contributed by atoms with E-state index >= 15 is 0 Å². The lowest BCUT2D eigenvalue weighted by molar-refractivity contribution is -0.216. The first-order valence-corrected chi connectivity index (χ1v) is 27.7. The Bertz CT molecular complexity index is 1820. The van der Waals surface area contributed by atoms with E-state index in [0.717, 1.165) is 70.6 Å². The van der Waals surface area contributed by atoms with Crippen LogP contribution in [0.4, 0.5) is 0 Å². The maximum Gasteiger partial charge on any atom is 0.472 e. The number of ether oxygens (including phenoxy) is 2. The Labute approximate surface area is 420 Å². The molecule has 0 spiro atoms. The lowest BCUT2D eigenvalue weighted by Gasteiger charge is -2.43. The molecule has 9 N–H and O–H groups in total. The Balaban J connectivity index is 2.71. The van der Waals surface area contributed by atoms with E-state index < -0.39 is 95.7 Å². The number of hydrogen-bond donors (Lipinski definition) is 9. The summed E-state index contributed by atoms with van der Waals surface area (Å²) in [5.74, 6) is -1.48. The Kier molecular flexibility index (Phi) is 37.0. The van der Waals surface area contributed by atoms with Crippen LogP contribution < -0.4 is 0 Å². The summed E-state index contributed by atoms with van der Waals surface area (Å²) in [7, 11) is -10.8. The van der Waals surface area contributed by atoms with Crippen LogP contribution in [0, 0.1) is 0 Å². The summed E-state index contributed by atoms with van der Waals surface area (Å²) in [4.78, 5) is 54.4. The van der Waals surface area contributed by atoms with Crippen molar-refractivity contribution in [1.29, 1.82) is 0 Å². The van der Waals surface area contributed by atoms with Crippen molar-refractivity contribution in [2.75, 3.05) is 13.2 Å². The quantitative estimate of drug-likeness (QED) is 0.00938. The summed E-state index contributed by atoms with van der Waals surface area (Å²) in [6, 6.07) is 0. The third kappa shape index (κ3) is 34.6. The van der Waals surface area contributed by atoms with Gasteiger partial charge < -0.3 is 54.8 Å². The van der Waals surface area contributed by atoms with Gasteiger partial charge in [0, 0.05) is 12.8 Å². The Morgan fingerprint density at radius 1 is 0.535 bits per heavy atom. The third-order valence-electron chi connectivity index (χ3n) is 10.5. The molecule has 0 aliphatic heterocycles. The minimum Gasteiger partial charge on any atom is -0.462 e. The van der Waals surface area contributed by atoms with Crippen LogP contribution in [-0.4, -0.2) is 125 Å². The Morgan fingerprint density at radius 2 is 1.04 bits per heavy atom. The van der Waals surface area contributed by atoms with Crippen molar-refractivity contribution in [2.24, 2.45) is 0 Å². The van der Waals surface area contributed by atoms with Crippen molar-refractivity contribution < 1.29 is 87.1 Å². The van der Waals surface area contributed by atoms with Gasteiger partial charge in [0.2, 0.25) is 0 Å². The van der Waals surface area contributed by atoms with Gasteiger partial charge in [0.15, 0.2) is 6.10 Å². The van der Waals surface area contributed by atoms with Crippen molar-refractivity contribution in [3.63, 3.8) is 0 Å². The highest BCUT2D eigenvalue weighted by Gasteiger charge is 2.54. The van der Waals surface area contributed by atoms with Gasteiger partial charge in [0.05, 0.1) is 18.8 Å². The zero-order valence-electron chi connectivity index (χ0n) is 41.3. The third-order valence-corrected chi connectivity index (χ3v) is 12.0. The van der Waals surface area contributed by atoms with Gasteiger partial charge in [0.1, 0.15) is 43.2 Å². The van der Waals surface area contributed by atoms with Gasteiger partial charge in [-0.05, 0) is 77.0 Å². The molecule has 0 aromatic heterocycles. The van der Waals surface area contributed by atoms with E-state index in [9.17, 15) is 64.0 Å². The van der Waals surface area contributed by atoms with Crippen LogP contribution in [-0.2, 0) is 41.8 Å². The number of rotatable bonds is 39. The molecular weight excluding hydrogens is 962 g/mol. The number of allylic oxidation sites excluding steroid dienone is 16. The van der Waals surface area contributed by atoms with Gasteiger partial charge in [-0.25, -0.2) is 9.13 Å². The second-order valence-corrected chi connectivity index (χ2v) is 19.4. The first kappa shape index (κ1) is 65.6. The van der Waals surface area contributed by atoms with E-state index in [1.165, 1.54) is 0 Å². The lowest BCUT2D eigenvalue weighted by Crippen LogP contribution is -2.64. The standard InChI is InChI=1S/C51H82O18P2/c1-3-5-7-8-9-10-11-12-13-14-15-16-17-18-19-20-24-27-31-37-45(55)67-43(40-66-71(63,64)69-51-48(58)46(56)47(57)50(49(51)59)68-70(60,61)62)39-65-44(54)38-32-36-42(53)35-30-26-23-21-22-25-29-34-41(52)33-28-6-4-2/h5,7,9-10,12-13,15-16,18-19,22-23,25-26,29-30,34-35,41-43,46-53,56-59H,3-4,6,8,11,14,17,20-21,24,27-28,31-33,36-40H2,1-2H3,(H,63,64)(H2,60,61,62)/b7-5-,10-9-,13-12-,16-15-,19-18-,25-22-,26-23-,34-29+,35-30+/t41-,42-,43+,46?,47?,48?,49?,50+,51-/m0/s1. The number of phosphoric acid groups is 2. The number of esters is 2. The number of carbonyl (C=O) groups is 2. The second kappa shape index (κ2) is 40.0. The van der Waals surface area contributed by atoms with E-state index in [-0.39, 0.29) is 25.7 Å². The van der Waals surface area contributed by atoms with E-state index in [0.29, 0.717) is 19.3 Å². The fourth-order valence-corrected chi connectivity index (χ4v) is 8.22. The summed E-state index contributed by atoms with van der Waals surface area (Å²) >= 11 is 0. The van der Waals surface area contributed by atoms with Crippen LogP contribution in [0.25, 0.3) is 0 Å². The highest BCUT2D eigenvalue weighted by Crippen LogP contribution is 2.49. The van der Waals surface area contributed by atoms with Crippen LogP contribution in [0.15, 0.2) is 109 Å². The molecule has 0 aromatic rings. The van der Waals surface area contributed by atoms with Gasteiger partial charge in [-0.1, -0.05) is 149 Å². The lowest BCUT2D eigenvalue weighted by atomic mass is 9.85. The van der Waals surface area contributed by atoms with Crippen molar-refractivity contribution in [2.45, 2.75) is 184 Å². The fraction of sp³-hybridized carbons (Fsp3) is 0.608. The minimum absolute atomic E-state index is 0.0517. The Morgan fingerprint density at radius 3 is 1.59 bits per heavy atom. The van der Waals surface area contributed by atoms with E-state index in [1.807, 2.05) is 24.3 Å². The minimum atomic E-state index is -5.40. The van der Waals surface area contributed by atoms with E-state index in [2.05, 4.69) is 79.1 Å². The number of unbranched alkanes of at least 4 members (excludes halogenated alkanes) is 5. The first-order valence-electron chi connectivity index (χ1n) is 24.6. The van der Waals surface area contributed by atoms with Crippen molar-refractivity contribution in [3.05, 3.63) is 109 Å². The average Bonchev–Trinajstić information content (AvgIpc) is 3.32. The molecule has 0 bridgehead atoms. The molecule has 0 saturated heterocycles. The maximum atomic E-state index is 13.0. The second-order valence-electron chi connectivity index (χ2n) is 16.8. The van der Waals surface area contributed by atoms with Crippen LogP contribution in [0.1, 0.15) is 129 Å². The molecule has 0 aromatic carbocycles. The summed E-state index contributed by atoms with van der Waals surface area (Å²) in [6.45, 7) is 2.66. The molecule has 1 rings (SSSR count). The molecule has 71 heavy (non-hydrogen) atoms. The molecule has 0 heterocycles. The molecule has 18 nitrogen and oxygen atoms in total. The van der Waals surface area contributed by atoms with E-state index in [1.54, 1.807) is 24.3 Å². The van der Waals surface area contributed by atoms with Crippen LogP contribution in [0.5, 0.6) is 0 Å². The van der Waals surface area contributed by atoms with Gasteiger partial charge >= 0.3 is 27.6 Å². The van der Waals surface area contributed by atoms with Crippen molar-refractivity contribution in [3.8, 4) is 0 Å². The smallest absolute Gasteiger partial charge is 0.462 e. The normalized spacial score (nSPS) is 22.7. The summed E-state index contributed by atoms with van der Waals surface area (Å²) in [5, 5.41) is 61.5. The first-order chi connectivity index (χ1) is 33.9. The van der Waals surface area contributed by atoms with Gasteiger partial charge in [-0.3, -0.25) is 23.2 Å². The van der Waals surface area contributed by atoms with Gasteiger partial charge in [-0.15, -0.1) is 0 Å². The number of hydrogen-bond acceptors (Lipinski definition) is 15. The number of phosphoric ester groups is 2. The van der Waals surface area contributed by atoms with Crippen molar-refractivity contribution >= 4 is 27.6 Å². The molecule has 1 aliphatic rings. The number of aliphatic hydroxyl groups excluding tert-OH is 6. The highest BCUT2D eigenvalue weighted by atomic mass is 31.2. The molecule has 1 aliphatic carbocycles. The van der Waals surface area contributed by atoms with Crippen LogP contribution in [0.3, 0.4) is 0 Å². The molecule has 0 radical (unpaired) electrons. The summed E-state index contributed by atoms with van der Waals surface area (Å²) in [6.07, 6.45) is 30.9. The molecule has 10 atom stereocenters. The molecule has 5 unspecified atom stereocenters. The SMILES string of the molecule is CC/C=C\C/C=C\C/C=C\C/C=C\C/C=C\CCCCCC(=O)O[C@H](COC(=O)CCC[C@@H](O)/C=C/C=C\C/C=C\C=C\[C@@H](O)CCCCC)COP(=O)(O)O[C@H]1C(O)C(O)C(O)[C@@H](OP(=O)(O)O)C1O. The van der Waals surface area contributed by atoms with Gasteiger partial charge in [-0.2, -0.15) is 0 Å². The zero-order chi connectivity index (χ0) is 52.8. The molecule has 0 amide bonds. The van der Waals surface area contributed by atoms with Crippen LogP contribution in [0.2, 0.25) is 0 Å². The molecule has 1 fully saturated rings. The van der Waals surface area contributed by atoms with E-state index in [4.69, 9.17) is 18.5 Å². The van der Waals surface area contributed by atoms with Crippen LogP contribution >= 0.6 is 15.6 Å². The number of carbonyl (C=O) groups excluding carboxylic acids is 2. The van der Waals surface area contributed by atoms with Gasteiger partial charge in [0.25, 0.3) is 0 Å². The topological polar surface area (TPSA) is 296 Å². The summed E-state index contributed by atoms with van der Waals surface area (Å²) < 4.78 is 49.2. The Hall–Kier alpha value is -3.42.